The summed E-state index contributed by atoms with van der Waals surface area (Å²) in [5, 5.41) is 0. The summed E-state index contributed by atoms with van der Waals surface area (Å²) in [5.74, 6) is 1.41. The summed E-state index contributed by atoms with van der Waals surface area (Å²) in [7, 11) is 0. The maximum Gasteiger partial charge on any atom is 0.273 e. The van der Waals surface area contributed by atoms with E-state index in [4.69, 9.17) is 0 Å². The van der Waals surface area contributed by atoms with Crippen molar-refractivity contribution < 1.29 is 4.79 Å². The quantitative estimate of drug-likeness (QED) is 0.723. The highest BCUT2D eigenvalue weighted by molar-refractivity contribution is 5.92. The Balaban J connectivity index is 1.76. The topological polar surface area (TPSA) is 63.9 Å². The van der Waals surface area contributed by atoms with E-state index in [1.54, 1.807) is 19.2 Å². The van der Waals surface area contributed by atoms with Crippen LogP contribution in [0.3, 0.4) is 0 Å². The Labute approximate surface area is 146 Å². The van der Waals surface area contributed by atoms with Crippen LogP contribution in [-0.2, 0) is 13.1 Å². The standard InChI is InChI=1S/C19H19N5O/c1-13-10-21-18-12-24(19(25)16-8-9-20-14(2)22-16)17(11-23(13)18)15-6-4-3-5-7-15/h3-10,17H,11-12H2,1-2H3/t17-/m0/s1. The van der Waals surface area contributed by atoms with Gasteiger partial charge in [-0.1, -0.05) is 30.3 Å². The molecule has 3 aromatic rings. The highest BCUT2D eigenvalue weighted by Gasteiger charge is 2.33. The SMILES string of the molecule is Cc1nccc(C(=O)N2Cc3ncc(C)n3C[C@H]2c2ccccc2)n1. The number of nitrogens with zero attached hydrogens (tertiary/aromatic N) is 5. The molecule has 1 aliphatic rings. The average Bonchev–Trinajstić information content (AvgIpc) is 3.01. The molecule has 0 bridgehead atoms. The van der Waals surface area contributed by atoms with Gasteiger partial charge in [0.15, 0.2) is 0 Å². The largest absolute Gasteiger partial charge is 0.328 e. The van der Waals surface area contributed by atoms with Crippen molar-refractivity contribution >= 4 is 5.91 Å². The number of carbonyl (C=O) groups excluding carboxylic acids is 1. The molecule has 3 heterocycles. The third kappa shape index (κ3) is 2.80. The molecule has 4 rings (SSSR count). The molecule has 126 valence electrons. The maximum atomic E-state index is 13.2. The van der Waals surface area contributed by atoms with Gasteiger partial charge in [0.05, 0.1) is 12.6 Å². The Morgan fingerprint density at radius 1 is 1.12 bits per heavy atom. The number of rotatable bonds is 2. The summed E-state index contributed by atoms with van der Waals surface area (Å²) in [4.78, 5) is 27.9. The summed E-state index contributed by atoms with van der Waals surface area (Å²) in [6.45, 7) is 5.00. The van der Waals surface area contributed by atoms with Crippen molar-refractivity contribution in [2.24, 2.45) is 0 Å². The molecular weight excluding hydrogens is 314 g/mol. The Morgan fingerprint density at radius 2 is 1.92 bits per heavy atom. The number of aryl methyl sites for hydroxylation is 2. The van der Waals surface area contributed by atoms with E-state index < -0.39 is 0 Å². The highest BCUT2D eigenvalue weighted by atomic mass is 16.2. The zero-order valence-corrected chi connectivity index (χ0v) is 14.3. The van der Waals surface area contributed by atoms with E-state index in [9.17, 15) is 4.79 Å². The minimum absolute atomic E-state index is 0.0515. The van der Waals surface area contributed by atoms with E-state index in [0.717, 1.165) is 17.1 Å². The smallest absolute Gasteiger partial charge is 0.273 e. The molecule has 1 aromatic carbocycles. The second kappa shape index (κ2) is 6.12. The molecule has 6 nitrogen and oxygen atoms in total. The van der Waals surface area contributed by atoms with Crippen LogP contribution in [0.15, 0.2) is 48.8 Å². The van der Waals surface area contributed by atoms with Crippen molar-refractivity contribution in [3.8, 4) is 0 Å². The Bertz CT molecular complexity index is 919. The number of fused-ring (bicyclic) bond motifs is 1. The monoisotopic (exact) mass is 333 g/mol. The Morgan fingerprint density at radius 3 is 2.68 bits per heavy atom. The van der Waals surface area contributed by atoms with Crippen LogP contribution < -0.4 is 0 Å². The minimum Gasteiger partial charge on any atom is -0.328 e. The molecule has 1 amide bonds. The molecule has 25 heavy (non-hydrogen) atoms. The number of hydrogen-bond acceptors (Lipinski definition) is 4. The van der Waals surface area contributed by atoms with Crippen LogP contribution in [0.4, 0.5) is 0 Å². The van der Waals surface area contributed by atoms with Gasteiger partial charge >= 0.3 is 0 Å². The number of carbonyl (C=O) groups is 1. The fraction of sp³-hybridized carbons (Fsp3) is 0.263. The van der Waals surface area contributed by atoms with Crippen molar-refractivity contribution in [3.05, 3.63) is 77.4 Å². The second-order valence-electron chi connectivity index (χ2n) is 6.28. The lowest BCUT2D eigenvalue weighted by molar-refractivity contribution is 0.0576. The maximum absolute atomic E-state index is 13.2. The Kier molecular flexibility index (Phi) is 3.80. The summed E-state index contributed by atoms with van der Waals surface area (Å²) >= 11 is 0. The van der Waals surface area contributed by atoms with Gasteiger partial charge in [0.1, 0.15) is 17.3 Å². The van der Waals surface area contributed by atoms with Crippen molar-refractivity contribution in [2.75, 3.05) is 0 Å². The summed E-state index contributed by atoms with van der Waals surface area (Å²) in [6, 6.07) is 11.7. The molecule has 1 atom stereocenters. The van der Waals surface area contributed by atoms with E-state index in [2.05, 4.69) is 31.7 Å². The van der Waals surface area contributed by atoms with Gasteiger partial charge in [-0.15, -0.1) is 0 Å². The highest BCUT2D eigenvalue weighted by Crippen LogP contribution is 2.31. The molecule has 0 saturated heterocycles. The van der Waals surface area contributed by atoms with Gasteiger partial charge in [0.25, 0.3) is 5.91 Å². The van der Waals surface area contributed by atoms with Crippen LogP contribution in [-0.4, -0.2) is 30.3 Å². The zero-order valence-electron chi connectivity index (χ0n) is 14.3. The lowest BCUT2D eigenvalue weighted by Gasteiger charge is -2.36. The molecular formula is C19H19N5O. The van der Waals surface area contributed by atoms with Gasteiger partial charge in [0, 0.05) is 24.6 Å². The molecule has 0 saturated carbocycles. The molecule has 0 aliphatic carbocycles. The lowest BCUT2D eigenvalue weighted by atomic mass is 10.0. The van der Waals surface area contributed by atoms with Gasteiger partial charge < -0.3 is 9.47 Å². The Hall–Kier alpha value is -3.02. The van der Waals surface area contributed by atoms with Crippen LogP contribution in [0.2, 0.25) is 0 Å². The fourth-order valence-electron chi connectivity index (χ4n) is 3.32. The van der Waals surface area contributed by atoms with E-state index in [1.165, 1.54) is 0 Å². The van der Waals surface area contributed by atoms with Crippen molar-refractivity contribution in [1.82, 2.24) is 24.4 Å². The predicted octanol–water partition coefficient (Wildman–Crippen LogP) is 2.69. The molecule has 0 unspecified atom stereocenters. The normalized spacial score (nSPS) is 16.6. The third-order valence-electron chi connectivity index (χ3n) is 4.62. The van der Waals surface area contributed by atoms with Crippen LogP contribution in [0, 0.1) is 13.8 Å². The first-order chi connectivity index (χ1) is 12.1. The van der Waals surface area contributed by atoms with Crippen molar-refractivity contribution in [3.63, 3.8) is 0 Å². The molecule has 2 aromatic heterocycles. The molecule has 0 radical (unpaired) electrons. The van der Waals surface area contributed by atoms with Gasteiger partial charge in [-0.25, -0.2) is 15.0 Å². The number of benzene rings is 1. The van der Waals surface area contributed by atoms with E-state index in [0.29, 0.717) is 24.6 Å². The number of amides is 1. The van der Waals surface area contributed by atoms with Gasteiger partial charge in [-0.05, 0) is 25.5 Å². The first-order valence-corrected chi connectivity index (χ1v) is 8.30. The van der Waals surface area contributed by atoms with Crippen molar-refractivity contribution in [2.45, 2.75) is 33.0 Å². The van der Waals surface area contributed by atoms with Gasteiger partial charge in [-0.3, -0.25) is 4.79 Å². The average molecular weight is 333 g/mol. The van der Waals surface area contributed by atoms with Crippen LogP contribution in [0.5, 0.6) is 0 Å². The summed E-state index contributed by atoms with van der Waals surface area (Å²) in [5.41, 5.74) is 2.64. The number of hydrogen-bond donors (Lipinski definition) is 0. The lowest BCUT2D eigenvalue weighted by Crippen LogP contribution is -2.41. The third-order valence-corrected chi connectivity index (χ3v) is 4.62. The van der Waals surface area contributed by atoms with Crippen LogP contribution in [0.1, 0.15) is 39.4 Å². The van der Waals surface area contributed by atoms with Crippen molar-refractivity contribution in [1.29, 1.82) is 0 Å². The fourth-order valence-corrected chi connectivity index (χ4v) is 3.32. The first kappa shape index (κ1) is 15.5. The number of imidazole rings is 1. The number of aromatic nitrogens is 4. The van der Waals surface area contributed by atoms with Crippen LogP contribution in [0.25, 0.3) is 0 Å². The second-order valence-corrected chi connectivity index (χ2v) is 6.28. The van der Waals surface area contributed by atoms with E-state index >= 15 is 0 Å². The molecule has 1 aliphatic heterocycles. The molecule has 6 heteroatoms. The first-order valence-electron chi connectivity index (χ1n) is 8.30. The molecule has 0 spiro atoms. The van der Waals surface area contributed by atoms with E-state index in [1.807, 2.05) is 36.2 Å². The summed E-state index contributed by atoms with van der Waals surface area (Å²) < 4.78 is 2.19. The van der Waals surface area contributed by atoms with Gasteiger partial charge in [-0.2, -0.15) is 0 Å². The minimum atomic E-state index is -0.0914. The predicted molar refractivity (Wildman–Crippen MR) is 92.8 cm³/mol. The zero-order chi connectivity index (χ0) is 17.4. The van der Waals surface area contributed by atoms with Crippen LogP contribution >= 0.6 is 0 Å². The van der Waals surface area contributed by atoms with Gasteiger partial charge in [0.2, 0.25) is 0 Å². The van der Waals surface area contributed by atoms with E-state index in [-0.39, 0.29) is 11.9 Å². The molecule has 0 fully saturated rings. The summed E-state index contributed by atoms with van der Waals surface area (Å²) in [6.07, 6.45) is 3.49. The molecule has 0 N–H and O–H groups in total.